The van der Waals surface area contributed by atoms with Crippen molar-refractivity contribution >= 4 is 11.6 Å². The Kier molecular flexibility index (Phi) is 3.46. The molecule has 0 bridgehead atoms. The molecule has 1 fully saturated rings. The van der Waals surface area contributed by atoms with Gasteiger partial charge in [-0.25, -0.2) is 5.48 Å². The highest BCUT2D eigenvalue weighted by atomic mass is 35.5. The molecule has 1 N–H and O–H groups in total. The minimum Gasteiger partial charge on any atom is -0.302 e. The van der Waals surface area contributed by atoms with Crippen LogP contribution in [-0.4, -0.2) is 19.0 Å². The van der Waals surface area contributed by atoms with E-state index in [0.29, 0.717) is 11.3 Å². The smallest absolute Gasteiger partial charge is 0.0724 e. The number of hydrogen-bond acceptors (Lipinski definition) is 2. The number of halogens is 1. The van der Waals surface area contributed by atoms with Crippen molar-refractivity contribution in [3.05, 3.63) is 0 Å². The minimum absolute atomic E-state index is 0.341. The number of alkyl halides is 1. The molecule has 0 radical (unpaired) electrons. The van der Waals surface area contributed by atoms with E-state index in [4.69, 9.17) is 16.4 Å². The van der Waals surface area contributed by atoms with E-state index in [-0.39, 0.29) is 0 Å². The van der Waals surface area contributed by atoms with Crippen molar-refractivity contribution in [2.45, 2.75) is 24.6 Å². The molecule has 1 rings (SSSR count). The zero-order valence-corrected chi connectivity index (χ0v) is 7.03. The van der Waals surface area contributed by atoms with Gasteiger partial charge in [-0.2, -0.15) is 0 Å². The molecule has 0 aromatic rings. The van der Waals surface area contributed by atoms with Gasteiger partial charge in [-0.1, -0.05) is 6.42 Å². The van der Waals surface area contributed by atoms with Gasteiger partial charge in [0.15, 0.2) is 0 Å². The lowest BCUT2D eigenvalue weighted by Gasteiger charge is -2.11. The summed E-state index contributed by atoms with van der Waals surface area (Å²) in [5, 5.41) is 0.341. The van der Waals surface area contributed by atoms with Crippen molar-refractivity contribution in [1.29, 1.82) is 0 Å². The predicted octanol–water partition coefficient (Wildman–Crippen LogP) is 1.54. The molecule has 1 saturated carbocycles. The summed E-state index contributed by atoms with van der Waals surface area (Å²) in [7, 11) is 1.78. The maximum atomic E-state index is 6.01. The number of nitrogens with one attached hydrogen (secondary N) is 1. The second kappa shape index (κ2) is 4.16. The van der Waals surface area contributed by atoms with Gasteiger partial charge >= 0.3 is 0 Å². The fourth-order valence-corrected chi connectivity index (χ4v) is 1.72. The fourth-order valence-electron chi connectivity index (χ4n) is 1.37. The average molecular weight is 164 g/mol. The Morgan fingerprint density at radius 1 is 1.60 bits per heavy atom. The summed E-state index contributed by atoms with van der Waals surface area (Å²) in [6.07, 6.45) is 3.63. The quantitative estimate of drug-likeness (QED) is 0.504. The van der Waals surface area contributed by atoms with Crippen LogP contribution in [0.2, 0.25) is 0 Å². The monoisotopic (exact) mass is 163 g/mol. The summed E-state index contributed by atoms with van der Waals surface area (Å²) < 4.78 is 0. The molecule has 60 valence electrons. The fraction of sp³-hybridized carbons (Fsp3) is 1.00. The highest BCUT2D eigenvalue weighted by Gasteiger charge is 2.24. The standard InChI is InChI=1S/C7H14ClNO/c1-9-10-5-6-3-2-4-7(6)8/h6-7,9H,2-5H2,1H3/t6-,7?/m0/s1. The van der Waals surface area contributed by atoms with Crippen LogP contribution in [0.1, 0.15) is 19.3 Å². The van der Waals surface area contributed by atoms with Gasteiger partial charge in [0.25, 0.3) is 0 Å². The van der Waals surface area contributed by atoms with Crippen LogP contribution < -0.4 is 5.48 Å². The van der Waals surface area contributed by atoms with Gasteiger partial charge in [0, 0.05) is 18.3 Å². The van der Waals surface area contributed by atoms with Crippen LogP contribution in [0.25, 0.3) is 0 Å². The average Bonchev–Trinajstić information content (AvgIpc) is 2.31. The number of hydroxylamine groups is 1. The van der Waals surface area contributed by atoms with Crippen LogP contribution in [-0.2, 0) is 4.84 Å². The SMILES string of the molecule is CNOC[C@@H]1CCCC1Cl. The Balaban J connectivity index is 2.14. The molecule has 0 aliphatic heterocycles. The second-order valence-corrected chi connectivity index (χ2v) is 3.28. The first kappa shape index (κ1) is 8.31. The molecular weight excluding hydrogens is 150 g/mol. The zero-order valence-electron chi connectivity index (χ0n) is 6.27. The van der Waals surface area contributed by atoms with Gasteiger partial charge in [0.1, 0.15) is 0 Å². The van der Waals surface area contributed by atoms with E-state index in [0.717, 1.165) is 13.0 Å². The molecule has 3 heteroatoms. The van der Waals surface area contributed by atoms with Crippen molar-refractivity contribution in [3.8, 4) is 0 Å². The molecule has 0 heterocycles. The van der Waals surface area contributed by atoms with Gasteiger partial charge < -0.3 is 4.84 Å². The van der Waals surface area contributed by atoms with Crippen LogP contribution in [0.3, 0.4) is 0 Å². The van der Waals surface area contributed by atoms with E-state index in [2.05, 4.69) is 5.48 Å². The second-order valence-electron chi connectivity index (χ2n) is 2.72. The van der Waals surface area contributed by atoms with Crippen LogP contribution >= 0.6 is 11.6 Å². The van der Waals surface area contributed by atoms with Crippen molar-refractivity contribution in [2.75, 3.05) is 13.7 Å². The third-order valence-electron chi connectivity index (χ3n) is 2.01. The molecular formula is C7H14ClNO. The predicted molar refractivity (Wildman–Crippen MR) is 42.0 cm³/mol. The van der Waals surface area contributed by atoms with E-state index in [1.54, 1.807) is 7.05 Å². The minimum atomic E-state index is 0.341. The van der Waals surface area contributed by atoms with Crippen LogP contribution in [0.5, 0.6) is 0 Å². The topological polar surface area (TPSA) is 21.3 Å². The largest absolute Gasteiger partial charge is 0.302 e. The van der Waals surface area contributed by atoms with Gasteiger partial charge in [0.2, 0.25) is 0 Å². The van der Waals surface area contributed by atoms with E-state index in [9.17, 15) is 0 Å². The van der Waals surface area contributed by atoms with Gasteiger partial charge in [-0.05, 0) is 12.8 Å². The first-order valence-electron chi connectivity index (χ1n) is 3.77. The molecule has 0 aromatic heterocycles. The van der Waals surface area contributed by atoms with Crippen molar-refractivity contribution in [2.24, 2.45) is 5.92 Å². The third kappa shape index (κ3) is 2.11. The summed E-state index contributed by atoms with van der Waals surface area (Å²) in [5.41, 5.74) is 2.66. The lowest BCUT2D eigenvalue weighted by molar-refractivity contribution is 0.0338. The number of rotatable bonds is 3. The summed E-state index contributed by atoms with van der Waals surface area (Å²) in [6.45, 7) is 0.755. The van der Waals surface area contributed by atoms with E-state index in [1.165, 1.54) is 12.8 Å². The lowest BCUT2D eigenvalue weighted by atomic mass is 10.1. The first-order chi connectivity index (χ1) is 4.84. The Morgan fingerprint density at radius 2 is 2.40 bits per heavy atom. The van der Waals surface area contributed by atoms with E-state index < -0.39 is 0 Å². The number of hydrogen-bond donors (Lipinski definition) is 1. The molecule has 1 aliphatic carbocycles. The van der Waals surface area contributed by atoms with E-state index in [1.807, 2.05) is 0 Å². The highest BCUT2D eigenvalue weighted by Crippen LogP contribution is 2.29. The van der Waals surface area contributed by atoms with Crippen LogP contribution in [0.15, 0.2) is 0 Å². The molecule has 2 atom stereocenters. The van der Waals surface area contributed by atoms with Crippen LogP contribution in [0.4, 0.5) is 0 Å². The Hall–Kier alpha value is 0.210. The van der Waals surface area contributed by atoms with Crippen LogP contribution in [0, 0.1) is 5.92 Å². The third-order valence-corrected chi connectivity index (χ3v) is 2.58. The molecule has 10 heavy (non-hydrogen) atoms. The Bertz CT molecular complexity index is 99.6. The first-order valence-corrected chi connectivity index (χ1v) is 4.21. The zero-order chi connectivity index (χ0) is 7.40. The summed E-state index contributed by atoms with van der Waals surface area (Å²) in [5.74, 6) is 0.564. The maximum Gasteiger partial charge on any atom is 0.0724 e. The molecule has 0 spiro atoms. The lowest BCUT2D eigenvalue weighted by Crippen LogP contribution is -2.19. The molecule has 1 unspecified atom stereocenters. The highest BCUT2D eigenvalue weighted by molar-refractivity contribution is 6.20. The molecule has 1 aliphatic rings. The van der Waals surface area contributed by atoms with Crippen molar-refractivity contribution in [1.82, 2.24) is 5.48 Å². The molecule has 0 aromatic carbocycles. The molecule has 2 nitrogen and oxygen atoms in total. The van der Waals surface area contributed by atoms with Crippen molar-refractivity contribution < 1.29 is 4.84 Å². The molecule has 0 saturated heterocycles. The van der Waals surface area contributed by atoms with Crippen molar-refractivity contribution in [3.63, 3.8) is 0 Å². The Labute approximate surface area is 66.8 Å². The van der Waals surface area contributed by atoms with Gasteiger partial charge in [-0.15, -0.1) is 11.6 Å². The van der Waals surface area contributed by atoms with Gasteiger partial charge in [-0.3, -0.25) is 0 Å². The molecule has 0 amide bonds. The summed E-state index contributed by atoms with van der Waals surface area (Å²) in [4.78, 5) is 5.05. The maximum absolute atomic E-state index is 6.01. The normalized spacial score (nSPS) is 33.0. The summed E-state index contributed by atoms with van der Waals surface area (Å²) in [6, 6.07) is 0. The summed E-state index contributed by atoms with van der Waals surface area (Å²) >= 11 is 6.01. The Morgan fingerprint density at radius 3 is 2.90 bits per heavy atom. The van der Waals surface area contributed by atoms with E-state index >= 15 is 0 Å². The van der Waals surface area contributed by atoms with Gasteiger partial charge in [0.05, 0.1) is 6.61 Å².